The number of nitrogens with zero attached hydrogens (tertiary/aromatic N) is 1. The molecule has 2 heterocycles. The van der Waals surface area contributed by atoms with Crippen molar-refractivity contribution in [3.63, 3.8) is 0 Å². The molecule has 2 aromatic heterocycles. The van der Waals surface area contributed by atoms with Crippen molar-refractivity contribution in [2.24, 2.45) is 0 Å². The second kappa shape index (κ2) is 8.17. The Balaban J connectivity index is 1.66. The number of para-hydroxylation sites is 1. The highest BCUT2D eigenvalue weighted by atomic mass is 79.9. The van der Waals surface area contributed by atoms with Crippen LogP contribution in [0.3, 0.4) is 0 Å². The average Bonchev–Trinajstić information content (AvgIpc) is 3.35. The fourth-order valence-corrected chi connectivity index (χ4v) is 3.93. The van der Waals surface area contributed by atoms with Gasteiger partial charge in [0.2, 0.25) is 0 Å². The smallest absolute Gasteiger partial charge is 0.267 e. The molecule has 6 heteroatoms. The first-order valence-electron chi connectivity index (χ1n) is 9.48. The molecule has 148 valence electrons. The van der Waals surface area contributed by atoms with Crippen LogP contribution in [0.4, 0.5) is 5.69 Å². The standard InChI is InChI=1S/C23H23BrN4O/c1-28(2)17-9-7-15(8-10-17)19(13-27-23(29)22-11-16(24)12-25-22)20-14-26-21-6-4-3-5-18(20)21/h3-12,14,19,25-26H,13H2,1-2H3,(H,27,29). The summed E-state index contributed by atoms with van der Waals surface area (Å²) in [7, 11) is 4.06. The first-order chi connectivity index (χ1) is 14.0. The highest BCUT2D eigenvalue weighted by Gasteiger charge is 2.20. The Morgan fingerprint density at radius 2 is 1.83 bits per heavy atom. The van der Waals surface area contributed by atoms with Crippen LogP contribution in [-0.2, 0) is 0 Å². The summed E-state index contributed by atoms with van der Waals surface area (Å²) >= 11 is 3.37. The molecule has 4 rings (SSSR count). The van der Waals surface area contributed by atoms with Crippen LogP contribution in [-0.4, -0.2) is 36.5 Å². The monoisotopic (exact) mass is 450 g/mol. The number of aromatic amines is 2. The topological polar surface area (TPSA) is 63.9 Å². The lowest BCUT2D eigenvalue weighted by Crippen LogP contribution is -2.29. The van der Waals surface area contributed by atoms with Crippen LogP contribution in [0, 0.1) is 0 Å². The minimum Gasteiger partial charge on any atom is -0.378 e. The molecular weight excluding hydrogens is 428 g/mol. The predicted molar refractivity (Wildman–Crippen MR) is 122 cm³/mol. The highest BCUT2D eigenvalue weighted by molar-refractivity contribution is 9.10. The number of nitrogens with one attached hydrogen (secondary N) is 3. The number of aromatic nitrogens is 2. The van der Waals surface area contributed by atoms with E-state index >= 15 is 0 Å². The van der Waals surface area contributed by atoms with Crippen molar-refractivity contribution in [1.29, 1.82) is 0 Å². The molecule has 0 aliphatic heterocycles. The van der Waals surface area contributed by atoms with Gasteiger partial charge in [-0.15, -0.1) is 0 Å². The first-order valence-corrected chi connectivity index (χ1v) is 10.3. The predicted octanol–water partition coefficient (Wildman–Crippen LogP) is 4.89. The van der Waals surface area contributed by atoms with Gasteiger partial charge in [-0.05, 0) is 51.3 Å². The summed E-state index contributed by atoms with van der Waals surface area (Å²) in [6, 6.07) is 18.5. The lowest BCUT2D eigenvalue weighted by Gasteiger charge is -2.20. The van der Waals surface area contributed by atoms with Crippen LogP contribution in [0.1, 0.15) is 27.5 Å². The molecule has 0 saturated carbocycles. The number of benzene rings is 2. The zero-order valence-corrected chi connectivity index (χ0v) is 18.0. The second-order valence-electron chi connectivity index (χ2n) is 7.27. The SMILES string of the molecule is CN(C)c1ccc(C(CNC(=O)c2cc(Br)c[nH]2)c2c[nH]c3ccccc23)cc1. The van der Waals surface area contributed by atoms with E-state index in [-0.39, 0.29) is 11.8 Å². The number of carbonyl (C=O) groups excluding carboxylic acids is 1. The lowest BCUT2D eigenvalue weighted by molar-refractivity contribution is 0.0948. The maximum absolute atomic E-state index is 12.6. The van der Waals surface area contributed by atoms with Crippen LogP contribution in [0.25, 0.3) is 10.9 Å². The molecule has 0 aliphatic rings. The summed E-state index contributed by atoms with van der Waals surface area (Å²) in [5, 5.41) is 4.26. The molecule has 29 heavy (non-hydrogen) atoms. The van der Waals surface area contributed by atoms with Gasteiger partial charge < -0.3 is 20.2 Å². The molecule has 4 aromatic rings. The number of hydrogen-bond donors (Lipinski definition) is 3. The first kappa shape index (κ1) is 19.3. The number of amides is 1. The Morgan fingerprint density at radius 3 is 2.52 bits per heavy atom. The van der Waals surface area contributed by atoms with E-state index in [1.165, 1.54) is 10.9 Å². The summed E-state index contributed by atoms with van der Waals surface area (Å²) in [4.78, 5) is 21.0. The Bertz CT molecular complexity index is 1130. The molecule has 0 spiro atoms. The number of hydrogen-bond acceptors (Lipinski definition) is 2. The highest BCUT2D eigenvalue weighted by Crippen LogP contribution is 2.31. The lowest BCUT2D eigenvalue weighted by atomic mass is 9.90. The molecule has 3 N–H and O–H groups in total. The van der Waals surface area contributed by atoms with E-state index in [9.17, 15) is 4.79 Å². The van der Waals surface area contributed by atoms with Gasteiger partial charge in [0.15, 0.2) is 0 Å². The molecule has 0 fully saturated rings. The molecule has 2 aromatic carbocycles. The van der Waals surface area contributed by atoms with Gasteiger partial charge in [0, 0.05) is 60.0 Å². The molecule has 0 bridgehead atoms. The summed E-state index contributed by atoms with van der Waals surface area (Å²) in [6.07, 6.45) is 3.80. The number of H-pyrrole nitrogens is 2. The van der Waals surface area contributed by atoms with E-state index in [0.717, 1.165) is 21.2 Å². The molecule has 1 atom stereocenters. The van der Waals surface area contributed by atoms with Crippen molar-refractivity contribution in [3.8, 4) is 0 Å². The maximum atomic E-state index is 12.6. The zero-order chi connectivity index (χ0) is 20.4. The molecule has 0 aliphatic carbocycles. The van der Waals surface area contributed by atoms with Crippen LogP contribution in [0.5, 0.6) is 0 Å². The van der Waals surface area contributed by atoms with Crippen molar-refractivity contribution in [3.05, 3.63) is 88.3 Å². The van der Waals surface area contributed by atoms with Crippen molar-refractivity contribution < 1.29 is 4.79 Å². The minimum absolute atomic E-state index is 0.0321. The van der Waals surface area contributed by atoms with E-state index in [0.29, 0.717) is 12.2 Å². The van der Waals surface area contributed by atoms with Crippen LogP contribution in [0.15, 0.2) is 71.5 Å². The van der Waals surface area contributed by atoms with E-state index in [4.69, 9.17) is 0 Å². The molecule has 0 radical (unpaired) electrons. The summed E-state index contributed by atoms with van der Waals surface area (Å²) in [5.41, 5.74) is 5.11. The van der Waals surface area contributed by atoms with E-state index in [2.05, 4.69) is 72.5 Å². The number of carbonyl (C=O) groups is 1. The van der Waals surface area contributed by atoms with E-state index < -0.39 is 0 Å². The third-order valence-electron chi connectivity index (χ3n) is 5.17. The second-order valence-corrected chi connectivity index (χ2v) is 8.19. The molecule has 5 nitrogen and oxygen atoms in total. The third-order valence-corrected chi connectivity index (χ3v) is 5.63. The molecule has 1 unspecified atom stereocenters. The number of rotatable bonds is 6. The van der Waals surface area contributed by atoms with Gasteiger partial charge in [-0.1, -0.05) is 30.3 Å². The Labute approximate surface area is 178 Å². The maximum Gasteiger partial charge on any atom is 0.267 e. The molecule has 0 saturated heterocycles. The van der Waals surface area contributed by atoms with Crippen LogP contribution >= 0.6 is 15.9 Å². The summed E-state index contributed by atoms with van der Waals surface area (Å²) in [5.74, 6) is -0.0878. The Hall–Kier alpha value is -2.99. The minimum atomic E-state index is -0.120. The Morgan fingerprint density at radius 1 is 1.07 bits per heavy atom. The fraction of sp³-hybridized carbons (Fsp3) is 0.174. The third kappa shape index (κ3) is 4.07. The largest absolute Gasteiger partial charge is 0.378 e. The average molecular weight is 451 g/mol. The van der Waals surface area contributed by atoms with E-state index in [1.54, 1.807) is 12.3 Å². The summed E-state index contributed by atoms with van der Waals surface area (Å²) < 4.78 is 0.857. The normalized spacial score (nSPS) is 12.1. The van der Waals surface area contributed by atoms with Crippen molar-refractivity contribution >= 4 is 38.4 Å². The zero-order valence-electron chi connectivity index (χ0n) is 16.4. The number of fused-ring (bicyclic) bond motifs is 1. The van der Waals surface area contributed by atoms with Crippen LogP contribution in [0.2, 0.25) is 0 Å². The van der Waals surface area contributed by atoms with Gasteiger partial charge in [-0.2, -0.15) is 0 Å². The van der Waals surface area contributed by atoms with Gasteiger partial charge >= 0.3 is 0 Å². The van der Waals surface area contributed by atoms with Gasteiger partial charge in [0.1, 0.15) is 5.69 Å². The van der Waals surface area contributed by atoms with Crippen molar-refractivity contribution in [2.45, 2.75) is 5.92 Å². The molecular formula is C23H23BrN4O. The van der Waals surface area contributed by atoms with Crippen LogP contribution < -0.4 is 10.2 Å². The van der Waals surface area contributed by atoms with Crippen molar-refractivity contribution in [2.75, 3.05) is 25.5 Å². The number of anilines is 1. The molecule has 1 amide bonds. The van der Waals surface area contributed by atoms with Gasteiger partial charge in [0.05, 0.1) is 0 Å². The van der Waals surface area contributed by atoms with Gasteiger partial charge in [-0.25, -0.2) is 0 Å². The fourth-order valence-electron chi connectivity index (χ4n) is 3.58. The quantitative estimate of drug-likeness (QED) is 0.391. The van der Waals surface area contributed by atoms with E-state index in [1.807, 2.05) is 32.4 Å². The van der Waals surface area contributed by atoms with Gasteiger partial charge in [-0.3, -0.25) is 4.79 Å². The number of halogens is 1. The Kier molecular flexibility index (Phi) is 5.45. The van der Waals surface area contributed by atoms with Crippen molar-refractivity contribution in [1.82, 2.24) is 15.3 Å². The summed E-state index contributed by atoms with van der Waals surface area (Å²) in [6.45, 7) is 0.499. The van der Waals surface area contributed by atoms with Gasteiger partial charge in [0.25, 0.3) is 5.91 Å².